The molecule has 1 heterocycles. The second-order valence-electron chi connectivity index (χ2n) is 4.51. The van der Waals surface area contributed by atoms with Crippen LogP contribution in [0, 0.1) is 5.92 Å². The molecule has 15 heavy (non-hydrogen) atoms. The van der Waals surface area contributed by atoms with Gasteiger partial charge >= 0.3 is 5.97 Å². The maximum absolute atomic E-state index is 11.8. The number of rotatable bonds is 0. The van der Waals surface area contributed by atoms with Crippen LogP contribution in [0.4, 0.5) is 0 Å². The van der Waals surface area contributed by atoms with Gasteiger partial charge in [-0.25, -0.2) is 0 Å². The van der Waals surface area contributed by atoms with E-state index in [1.54, 1.807) is 0 Å². The number of hydrogen-bond acceptors (Lipinski definition) is 3. The van der Waals surface area contributed by atoms with Crippen molar-refractivity contribution < 1.29 is 14.3 Å². The molecule has 2 aliphatic rings. The van der Waals surface area contributed by atoms with E-state index >= 15 is 0 Å². The van der Waals surface area contributed by atoms with Gasteiger partial charge in [-0.3, -0.25) is 4.79 Å². The van der Waals surface area contributed by atoms with Crippen molar-refractivity contribution in [2.75, 3.05) is 0 Å². The van der Waals surface area contributed by atoms with Crippen molar-refractivity contribution in [2.24, 2.45) is 5.92 Å². The Kier molecular flexibility index (Phi) is 3.10. The number of hydrogen-bond donors (Lipinski definition) is 0. The van der Waals surface area contributed by atoms with Crippen LogP contribution in [-0.2, 0) is 14.3 Å². The van der Waals surface area contributed by atoms with Crippen LogP contribution in [0.2, 0.25) is 0 Å². The third kappa shape index (κ3) is 2.40. The highest BCUT2D eigenvalue weighted by atomic mass is 16.6. The zero-order valence-corrected chi connectivity index (χ0v) is 9.31. The lowest BCUT2D eigenvalue weighted by Crippen LogP contribution is -2.39. The molecule has 0 saturated carbocycles. The number of carbonyl (C=O) groups is 1. The SMILES string of the molecule is C[C@@H]1C[C@H](C)O[C@@H]2C=CCC[C@H]2C(=O)O1. The van der Waals surface area contributed by atoms with E-state index in [2.05, 4.69) is 6.08 Å². The van der Waals surface area contributed by atoms with Crippen molar-refractivity contribution in [2.45, 2.75) is 51.4 Å². The fourth-order valence-corrected chi connectivity index (χ4v) is 2.32. The predicted molar refractivity (Wildman–Crippen MR) is 56.4 cm³/mol. The molecule has 0 N–H and O–H groups in total. The molecule has 3 nitrogen and oxygen atoms in total. The largest absolute Gasteiger partial charge is 0.462 e. The second-order valence-corrected chi connectivity index (χ2v) is 4.51. The Bertz CT molecular complexity index is 272. The van der Waals surface area contributed by atoms with Gasteiger partial charge in [0.2, 0.25) is 0 Å². The number of cyclic esters (lactones) is 1. The minimum absolute atomic E-state index is 0.0284. The summed E-state index contributed by atoms with van der Waals surface area (Å²) in [6, 6.07) is 0. The van der Waals surface area contributed by atoms with Gasteiger partial charge in [-0.1, -0.05) is 12.2 Å². The molecule has 1 aliphatic heterocycles. The summed E-state index contributed by atoms with van der Waals surface area (Å²) in [6.07, 6.45) is 6.72. The topological polar surface area (TPSA) is 35.5 Å². The number of ether oxygens (including phenoxy) is 2. The molecule has 0 spiro atoms. The minimum Gasteiger partial charge on any atom is -0.462 e. The first kappa shape index (κ1) is 10.7. The highest BCUT2D eigenvalue weighted by Gasteiger charge is 2.34. The van der Waals surface area contributed by atoms with E-state index in [4.69, 9.17) is 9.47 Å². The summed E-state index contributed by atoms with van der Waals surface area (Å²) in [5.74, 6) is -0.191. The molecule has 0 aromatic carbocycles. The fraction of sp³-hybridized carbons (Fsp3) is 0.750. The summed E-state index contributed by atoms with van der Waals surface area (Å²) in [6.45, 7) is 3.96. The molecule has 0 aromatic heterocycles. The van der Waals surface area contributed by atoms with Crippen LogP contribution in [0.15, 0.2) is 12.2 Å². The molecule has 2 rings (SSSR count). The van der Waals surface area contributed by atoms with Crippen molar-refractivity contribution in [1.82, 2.24) is 0 Å². The summed E-state index contributed by atoms with van der Waals surface area (Å²) in [7, 11) is 0. The lowest BCUT2D eigenvalue weighted by Gasteiger charge is -2.33. The molecule has 4 atom stereocenters. The van der Waals surface area contributed by atoms with Gasteiger partial charge in [-0.15, -0.1) is 0 Å². The molecule has 0 bridgehead atoms. The van der Waals surface area contributed by atoms with Gasteiger partial charge in [0.1, 0.15) is 6.10 Å². The first-order valence-electron chi connectivity index (χ1n) is 5.69. The van der Waals surface area contributed by atoms with E-state index in [9.17, 15) is 4.79 Å². The third-order valence-corrected chi connectivity index (χ3v) is 3.04. The van der Waals surface area contributed by atoms with E-state index in [1.165, 1.54) is 0 Å². The van der Waals surface area contributed by atoms with Crippen LogP contribution in [0.5, 0.6) is 0 Å². The lowest BCUT2D eigenvalue weighted by molar-refractivity contribution is -0.168. The van der Waals surface area contributed by atoms with Gasteiger partial charge < -0.3 is 9.47 Å². The summed E-state index contributed by atoms with van der Waals surface area (Å²) in [4.78, 5) is 11.8. The summed E-state index contributed by atoms with van der Waals surface area (Å²) in [5, 5.41) is 0. The average Bonchev–Trinajstić information content (AvgIpc) is 2.16. The van der Waals surface area contributed by atoms with Crippen molar-refractivity contribution in [3.63, 3.8) is 0 Å². The Hall–Kier alpha value is -0.830. The van der Waals surface area contributed by atoms with Gasteiger partial charge in [-0.2, -0.15) is 0 Å². The minimum atomic E-state index is -0.0970. The van der Waals surface area contributed by atoms with Crippen LogP contribution < -0.4 is 0 Å². The first-order valence-corrected chi connectivity index (χ1v) is 5.69. The van der Waals surface area contributed by atoms with Crippen molar-refractivity contribution in [3.05, 3.63) is 12.2 Å². The molecule has 1 saturated heterocycles. The van der Waals surface area contributed by atoms with E-state index in [1.807, 2.05) is 19.9 Å². The zero-order valence-electron chi connectivity index (χ0n) is 9.31. The van der Waals surface area contributed by atoms with Gasteiger partial charge in [0, 0.05) is 6.42 Å². The Morgan fingerprint density at radius 2 is 2.13 bits per heavy atom. The van der Waals surface area contributed by atoms with E-state index in [0.717, 1.165) is 19.3 Å². The molecular weight excluding hydrogens is 192 g/mol. The number of fused-ring (bicyclic) bond motifs is 1. The Morgan fingerprint density at radius 3 is 2.93 bits per heavy atom. The number of esters is 1. The van der Waals surface area contributed by atoms with E-state index in [-0.39, 0.29) is 30.2 Å². The Morgan fingerprint density at radius 1 is 1.33 bits per heavy atom. The molecule has 1 fully saturated rings. The molecule has 0 unspecified atom stereocenters. The highest BCUT2D eigenvalue weighted by Crippen LogP contribution is 2.27. The smallest absolute Gasteiger partial charge is 0.312 e. The Labute approximate surface area is 90.4 Å². The lowest BCUT2D eigenvalue weighted by atomic mass is 9.91. The molecular formula is C12H18O3. The average molecular weight is 210 g/mol. The summed E-state index contributed by atoms with van der Waals surface area (Å²) >= 11 is 0. The fourth-order valence-electron chi connectivity index (χ4n) is 2.32. The quantitative estimate of drug-likeness (QED) is 0.453. The number of allylic oxidation sites excluding steroid dienone is 1. The van der Waals surface area contributed by atoms with Crippen LogP contribution in [-0.4, -0.2) is 24.3 Å². The molecule has 0 amide bonds. The number of carbonyl (C=O) groups excluding carboxylic acids is 1. The maximum Gasteiger partial charge on any atom is 0.312 e. The van der Waals surface area contributed by atoms with Gasteiger partial charge in [0.15, 0.2) is 0 Å². The second kappa shape index (κ2) is 4.35. The van der Waals surface area contributed by atoms with Crippen LogP contribution >= 0.6 is 0 Å². The van der Waals surface area contributed by atoms with Crippen molar-refractivity contribution in [3.8, 4) is 0 Å². The zero-order chi connectivity index (χ0) is 10.8. The van der Waals surface area contributed by atoms with Crippen molar-refractivity contribution in [1.29, 1.82) is 0 Å². The van der Waals surface area contributed by atoms with Gasteiger partial charge in [-0.05, 0) is 26.7 Å². The molecule has 3 heteroatoms. The van der Waals surface area contributed by atoms with Gasteiger partial charge in [0.05, 0.1) is 18.1 Å². The monoisotopic (exact) mass is 210 g/mol. The van der Waals surface area contributed by atoms with Crippen LogP contribution in [0.3, 0.4) is 0 Å². The summed E-state index contributed by atoms with van der Waals surface area (Å²) < 4.78 is 11.2. The van der Waals surface area contributed by atoms with Gasteiger partial charge in [0.25, 0.3) is 0 Å². The van der Waals surface area contributed by atoms with Crippen LogP contribution in [0.1, 0.15) is 33.1 Å². The molecule has 1 aliphatic carbocycles. The standard InChI is InChI=1S/C12H18O3/c1-8-7-9(2)15-12(13)10-5-3-4-6-11(10)14-8/h4,6,8-11H,3,5,7H2,1-2H3/t8-,9+,10+,11+/m0/s1. The normalized spacial score (nSPS) is 41.3. The Balaban J connectivity index is 2.14. The molecule has 0 radical (unpaired) electrons. The highest BCUT2D eigenvalue weighted by molar-refractivity contribution is 5.74. The van der Waals surface area contributed by atoms with E-state index < -0.39 is 0 Å². The van der Waals surface area contributed by atoms with Crippen molar-refractivity contribution >= 4 is 5.97 Å². The van der Waals surface area contributed by atoms with Crippen LogP contribution in [0.25, 0.3) is 0 Å². The molecule has 0 aromatic rings. The predicted octanol–water partition coefficient (Wildman–Crippen LogP) is 2.06. The van der Waals surface area contributed by atoms with E-state index in [0.29, 0.717) is 0 Å². The molecule has 84 valence electrons. The maximum atomic E-state index is 11.8. The first-order chi connectivity index (χ1) is 7.16. The summed E-state index contributed by atoms with van der Waals surface area (Å²) in [5.41, 5.74) is 0. The third-order valence-electron chi connectivity index (χ3n) is 3.04.